The number of amides is 2. The summed E-state index contributed by atoms with van der Waals surface area (Å²) in [5.74, 6) is 0. The third-order valence-corrected chi connectivity index (χ3v) is 3.24. The summed E-state index contributed by atoms with van der Waals surface area (Å²) >= 11 is 0. The van der Waals surface area contributed by atoms with Crippen molar-refractivity contribution in [3.8, 4) is 0 Å². The van der Waals surface area contributed by atoms with E-state index in [-0.39, 0.29) is 6.03 Å². The quantitative estimate of drug-likeness (QED) is 0.646. The van der Waals surface area contributed by atoms with Crippen LogP contribution >= 0.6 is 0 Å². The Morgan fingerprint density at radius 2 is 1.47 bits per heavy atom. The standard InChI is InChI=1S/C11H21N3O/c15-11(13-7-2-1-3-8-13)14-9-4-5-12-6-10-14/h12H,1-10H2. The van der Waals surface area contributed by atoms with Crippen molar-refractivity contribution in [3.63, 3.8) is 0 Å². The van der Waals surface area contributed by atoms with Gasteiger partial charge in [0.05, 0.1) is 0 Å². The summed E-state index contributed by atoms with van der Waals surface area (Å²) in [4.78, 5) is 16.2. The summed E-state index contributed by atoms with van der Waals surface area (Å²) in [6.45, 7) is 5.70. The second-order valence-corrected chi connectivity index (χ2v) is 4.42. The van der Waals surface area contributed by atoms with E-state index in [1.54, 1.807) is 0 Å². The van der Waals surface area contributed by atoms with Crippen LogP contribution < -0.4 is 5.32 Å². The highest BCUT2D eigenvalue weighted by Gasteiger charge is 2.22. The molecule has 0 aromatic carbocycles. The molecule has 4 nitrogen and oxygen atoms in total. The Kier molecular flexibility index (Phi) is 3.83. The van der Waals surface area contributed by atoms with Gasteiger partial charge in [0, 0.05) is 32.7 Å². The molecule has 2 fully saturated rings. The number of nitrogens with zero attached hydrogens (tertiary/aromatic N) is 2. The van der Waals surface area contributed by atoms with Crippen LogP contribution in [-0.4, -0.2) is 55.1 Å². The van der Waals surface area contributed by atoms with Gasteiger partial charge in [-0.15, -0.1) is 0 Å². The zero-order chi connectivity index (χ0) is 10.5. The first kappa shape index (κ1) is 10.7. The lowest BCUT2D eigenvalue weighted by Gasteiger charge is -2.32. The topological polar surface area (TPSA) is 35.6 Å². The largest absolute Gasteiger partial charge is 0.325 e. The molecule has 0 radical (unpaired) electrons. The first-order valence-electron chi connectivity index (χ1n) is 6.12. The van der Waals surface area contributed by atoms with E-state index in [9.17, 15) is 4.79 Å². The second kappa shape index (κ2) is 5.35. The van der Waals surface area contributed by atoms with Gasteiger partial charge in [-0.1, -0.05) is 0 Å². The van der Waals surface area contributed by atoms with Crippen LogP contribution in [0, 0.1) is 0 Å². The summed E-state index contributed by atoms with van der Waals surface area (Å²) < 4.78 is 0. The number of hydrogen-bond acceptors (Lipinski definition) is 2. The Hall–Kier alpha value is -0.770. The van der Waals surface area contributed by atoms with Gasteiger partial charge in [0.1, 0.15) is 0 Å². The third kappa shape index (κ3) is 2.84. The molecule has 0 atom stereocenters. The number of carbonyl (C=O) groups is 1. The summed E-state index contributed by atoms with van der Waals surface area (Å²) in [6.07, 6.45) is 4.72. The van der Waals surface area contributed by atoms with Crippen LogP contribution in [0.25, 0.3) is 0 Å². The van der Waals surface area contributed by atoms with E-state index >= 15 is 0 Å². The molecule has 2 amide bonds. The number of urea groups is 1. The zero-order valence-corrected chi connectivity index (χ0v) is 9.37. The van der Waals surface area contributed by atoms with Crippen molar-refractivity contribution in [2.45, 2.75) is 25.7 Å². The van der Waals surface area contributed by atoms with Gasteiger partial charge in [0.2, 0.25) is 0 Å². The van der Waals surface area contributed by atoms with Crippen LogP contribution in [0.4, 0.5) is 4.79 Å². The number of likely N-dealkylation sites (tertiary alicyclic amines) is 1. The van der Waals surface area contributed by atoms with Crippen molar-refractivity contribution in [2.24, 2.45) is 0 Å². The highest BCUT2D eigenvalue weighted by molar-refractivity contribution is 5.74. The molecular formula is C11H21N3O. The summed E-state index contributed by atoms with van der Waals surface area (Å²) in [6, 6.07) is 0.262. The monoisotopic (exact) mass is 211 g/mol. The molecule has 1 N–H and O–H groups in total. The Morgan fingerprint density at radius 3 is 2.27 bits per heavy atom. The van der Waals surface area contributed by atoms with Gasteiger partial charge in [-0.3, -0.25) is 0 Å². The predicted molar refractivity (Wildman–Crippen MR) is 59.9 cm³/mol. The van der Waals surface area contributed by atoms with Crippen molar-refractivity contribution in [1.82, 2.24) is 15.1 Å². The van der Waals surface area contributed by atoms with Crippen molar-refractivity contribution in [2.75, 3.05) is 39.3 Å². The molecule has 15 heavy (non-hydrogen) atoms. The highest BCUT2D eigenvalue weighted by atomic mass is 16.2. The van der Waals surface area contributed by atoms with E-state index in [4.69, 9.17) is 0 Å². The van der Waals surface area contributed by atoms with Crippen LogP contribution in [-0.2, 0) is 0 Å². The lowest BCUT2D eigenvalue weighted by Crippen LogP contribution is -2.46. The van der Waals surface area contributed by atoms with Crippen molar-refractivity contribution >= 4 is 6.03 Å². The van der Waals surface area contributed by atoms with E-state index in [2.05, 4.69) is 5.32 Å². The van der Waals surface area contributed by atoms with Gasteiger partial charge in [0.25, 0.3) is 0 Å². The smallest absolute Gasteiger partial charge is 0.320 e. The number of nitrogens with one attached hydrogen (secondary N) is 1. The van der Waals surface area contributed by atoms with Gasteiger partial charge < -0.3 is 15.1 Å². The molecule has 2 rings (SSSR count). The second-order valence-electron chi connectivity index (χ2n) is 4.42. The molecule has 86 valence electrons. The lowest BCUT2D eigenvalue weighted by atomic mass is 10.1. The molecule has 0 aliphatic carbocycles. The summed E-state index contributed by atoms with van der Waals surface area (Å²) in [7, 11) is 0. The first-order valence-corrected chi connectivity index (χ1v) is 6.12. The molecule has 0 aromatic rings. The number of rotatable bonds is 0. The Balaban J connectivity index is 1.87. The molecule has 2 aliphatic heterocycles. The van der Waals surface area contributed by atoms with Gasteiger partial charge >= 0.3 is 6.03 Å². The average molecular weight is 211 g/mol. The molecule has 0 aromatic heterocycles. The van der Waals surface area contributed by atoms with E-state index < -0.39 is 0 Å². The molecule has 0 spiro atoms. The van der Waals surface area contributed by atoms with Crippen molar-refractivity contribution in [3.05, 3.63) is 0 Å². The maximum Gasteiger partial charge on any atom is 0.320 e. The van der Waals surface area contributed by atoms with Crippen LogP contribution in [0.3, 0.4) is 0 Å². The molecule has 0 saturated carbocycles. The fourth-order valence-electron chi connectivity index (χ4n) is 2.32. The number of hydrogen-bond donors (Lipinski definition) is 1. The van der Waals surface area contributed by atoms with E-state index in [0.717, 1.165) is 45.7 Å². The van der Waals surface area contributed by atoms with Gasteiger partial charge in [0.15, 0.2) is 0 Å². The fourth-order valence-corrected chi connectivity index (χ4v) is 2.32. The zero-order valence-electron chi connectivity index (χ0n) is 9.37. The summed E-state index contributed by atoms with van der Waals surface area (Å²) in [5.41, 5.74) is 0. The Labute approximate surface area is 91.6 Å². The maximum atomic E-state index is 12.1. The predicted octanol–water partition coefficient (Wildman–Crippen LogP) is 0.888. The van der Waals surface area contributed by atoms with Crippen LogP contribution in [0.2, 0.25) is 0 Å². The molecule has 2 saturated heterocycles. The first-order chi connectivity index (χ1) is 7.38. The van der Waals surface area contributed by atoms with Gasteiger partial charge in [-0.2, -0.15) is 0 Å². The van der Waals surface area contributed by atoms with Gasteiger partial charge in [-0.05, 0) is 32.2 Å². The molecule has 2 heterocycles. The van der Waals surface area contributed by atoms with Crippen molar-refractivity contribution in [1.29, 1.82) is 0 Å². The Morgan fingerprint density at radius 1 is 0.800 bits per heavy atom. The van der Waals surface area contributed by atoms with Crippen LogP contribution in [0.5, 0.6) is 0 Å². The average Bonchev–Trinajstić information content (AvgIpc) is 2.58. The highest BCUT2D eigenvalue weighted by Crippen LogP contribution is 2.11. The van der Waals surface area contributed by atoms with Crippen LogP contribution in [0.1, 0.15) is 25.7 Å². The van der Waals surface area contributed by atoms with Crippen LogP contribution in [0.15, 0.2) is 0 Å². The molecule has 0 unspecified atom stereocenters. The fraction of sp³-hybridized carbons (Fsp3) is 0.909. The minimum atomic E-state index is 0.262. The van der Waals surface area contributed by atoms with E-state index in [1.807, 2.05) is 9.80 Å². The molecular weight excluding hydrogens is 190 g/mol. The Bertz CT molecular complexity index is 206. The molecule has 4 heteroatoms. The SMILES string of the molecule is O=C(N1CCCCC1)N1CCCNCC1. The minimum absolute atomic E-state index is 0.262. The minimum Gasteiger partial charge on any atom is -0.325 e. The molecule has 0 bridgehead atoms. The van der Waals surface area contributed by atoms with Gasteiger partial charge in [-0.25, -0.2) is 4.79 Å². The number of piperidine rings is 1. The maximum absolute atomic E-state index is 12.1. The normalized spacial score (nSPS) is 23.7. The third-order valence-electron chi connectivity index (χ3n) is 3.24. The lowest BCUT2D eigenvalue weighted by molar-refractivity contribution is 0.146. The summed E-state index contributed by atoms with van der Waals surface area (Å²) in [5, 5.41) is 3.32. The van der Waals surface area contributed by atoms with E-state index in [1.165, 1.54) is 19.3 Å². The van der Waals surface area contributed by atoms with Crippen molar-refractivity contribution < 1.29 is 4.79 Å². The number of carbonyl (C=O) groups excluding carboxylic acids is 1. The van der Waals surface area contributed by atoms with E-state index in [0.29, 0.717) is 0 Å². The molecule has 2 aliphatic rings.